The van der Waals surface area contributed by atoms with Crippen molar-refractivity contribution in [3.8, 4) is 0 Å². The van der Waals surface area contributed by atoms with E-state index in [9.17, 15) is 24.6 Å². The van der Waals surface area contributed by atoms with E-state index in [0.717, 1.165) is 5.56 Å². The van der Waals surface area contributed by atoms with Gasteiger partial charge in [-0.1, -0.05) is 30.3 Å². The van der Waals surface area contributed by atoms with Crippen molar-refractivity contribution in [2.24, 2.45) is 5.92 Å². The van der Waals surface area contributed by atoms with Gasteiger partial charge >= 0.3 is 18.0 Å². The lowest BCUT2D eigenvalue weighted by atomic mass is 9.98. The van der Waals surface area contributed by atoms with E-state index in [1.807, 2.05) is 44.2 Å². The second-order valence-corrected chi connectivity index (χ2v) is 7.28. The van der Waals surface area contributed by atoms with E-state index >= 15 is 0 Å². The van der Waals surface area contributed by atoms with Gasteiger partial charge in [0.25, 0.3) is 0 Å². The van der Waals surface area contributed by atoms with Crippen LogP contribution < -0.4 is 0 Å². The quantitative estimate of drug-likeness (QED) is 0.727. The predicted molar refractivity (Wildman–Crippen MR) is 100 cm³/mol. The van der Waals surface area contributed by atoms with Gasteiger partial charge in [-0.15, -0.1) is 0 Å². The Morgan fingerprint density at radius 1 is 1.19 bits per heavy atom. The maximum atomic E-state index is 12.9. The van der Waals surface area contributed by atoms with Crippen LogP contribution in [0.1, 0.15) is 38.7 Å². The topological polar surface area (TPSA) is 98.2 Å². The molecule has 1 fully saturated rings. The second-order valence-electron chi connectivity index (χ2n) is 7.28. The first kappa shape index (κ1) is 20.7. The molecule has 1 saturated heterocycles. The molecule has 7 nitrogen and oxygen atoms in total. The summed E-state index contributed by atoms with van der Waals surface area (Å²) in [6.45, 7) is 4.10. The number of carbonyl (C=O) groups excluding carboxylic acids is 1. The van der Waals surface area contributed by atoms with Crippen molar-refractivity contribution in [3.05, 3.63) is 35.9 Å². The highest BCUT2D eigenvalue weighted by molar-refractivity contribution is 5.84. The Kier molecular flexibility index (Phi) is 7.21. The third-order valence-corrected chi connectivity index (χ3v) is 5.04. The molecule has 0 aromatic heterocycles. The first-order valence-electron chi connectivity index (χ1n) is 9.38. The molecule has 0 radical (unpaired) electrons. The molecule has 0 bridgehead atoms. The second kappa shape index (κ2) is 9.39. The largest absolute Gasteiger partial charge is 0.481 e. The third-order valence-electron chi connectivity index (χ3n) is 5.04. The number of hydrogen-bond donors (Lipinski definition) is 2. The molecule has 148 valence electrons. The van der Waals surface area contributed by atoms with E-state index in [4.69, 9.17) is 0 Å². The summed E-state index contributed by atoms with van der Waals surface area (Å²) >= 11 is 0. The van der Waals surface area contributed by atoms with Crippen molar-refractivity contribution < 1.29 is 24.6 Å². The Morgan fingerprint density at radius 2 is 1.85 bits per heavy atom. The smallest absolute Gasteiger partial charge is 0.326 e. The number of hydrogen-bond acceptors (Lipinski definition) is 3. The molecule has 7 heteroatoms. The summed E-state index contributed by atoms with van der Waals surface area (Å²) in [6.07, 6.45) is 2.10. The molecule has 1 heterocycles. The van der Waals surface area contributed by atoms with E-state index in [-0.39, 0.29) is 18.6 Å². The minimum Gasteiger partial charge on any atom is -0.481 e. The van der Waals surface area contributed by atoms with Crippen LogP contribution in [-0.4, -0.2) is 63.2 Å². The van der Waals surface area contributed by atoms with Crippen molar-refractivity contribution in [3.63, 3.8) is 0 Å². The summed E-state index contributed by atoms with van der Waals surface area (Å²) in [6, 6.07) is 8.20. The van der Waals surface area contributed by atoms with Gasteiger partial charge in [0.15, 0.2) is 0 Å². The average Bonchev–Trinajstić information content (AvgIpc) is 3.11. The summed E-state index contributed by atoms with van der Waals surface area (Å²) in [7, 11) is 0. The first-order valence-corrected chi connectivity index (χ1v) is 9.38. The summed E-state index contributed by atoms with van der Waals surface area (Å²) in [5, 5.41) is 19.0. The van der Waals surface area contributed by atoms with E-state index in [1.54, 1.807) is 0 Å². The summed E-state index contributed by atoms with van der Waals surface area (Å²) < 4.78 is 0. The SMILES string of the molecule is CC(C)N(CC(CCc1ccccc1)C(=O)O)C(=O)N1CCCC1C(=O)O. The molecule has 2 atom stereocenters. The molecule has 0 spiro atoms. The summed E-state index contributed by atoms with van der Waals surface area (Å²) in [5.74, 6) is -2.66. The molecule has 27 heavy (non-hydrogen) atoms. The zero-order valence-corrected chi connectivity index (χ0v) is 15.9. The first-order chi connectivity index (χ1) is 12.8. The molecule has 2 unspecified atom stereocenters. The third kappa shape index (κ3) is 5.45. The van der Waals surface area contributed by atoms with Gasteiger partial charge in [-0.2, -0.15) is 0 Å². The Bertz CT molecular complexity index is 662. The Balaban J connectivity index is 2.08. The van der Waals surface area contributed by atoms with Crippen LogP contribution in [0.25, 0.3) is 0 Å². The number of urea groups is 1. The molecule has 2 N–H and O–H groups in total. The zero-order valence-electron chi connectivity index (χ0n) is 15.9. The van der Waals surface area contributed by atoms with Crippen LogP contribution in [0.2, 0.25) is 0 Å². The number of benzene rings is 1. The van der Waals surface area contributed by atoms with E-state index in [1.165, 1.54) is 9.80 Å². The fourth-order valence-electron chi connectivity index (χ4n) is 3.44. The molecular weight excluding hydrogens is 348 g/mol. The number of likely N-dealkylation sites (tertiary alicyclic amines) is 1. The number of carbonyl (C=O) groups is 3. The fourth-order valence-corrected chi connectivity index (χ4v) is 3.44. The number of aliphatic carboxylic acids is 2. The highest BCUT2D eigenvalue weighted by Gasteiger charge is 2.38. The van der Waals surface area contributed by atoms with Crippen LogP contribution in [0.3, 0.4) is 0 Å². The summed E-state index contributed by atoms with van der Waals surface area (Å²) in [4.78, 5) is 38.9. The van der Waals surface area contributed by atoms with Crippen molar-refractivity contribution in [2.75, 3.05) is 13.1 Å². The van der Waals surface area contributed by atoms with Gasteiger partial charge in [0.2, 0.25) is 0 Å². The molecule has 0 saturated carbocycles. The molecule has 2 rings (SSSR count). The molecule has 2 amide bonds. The van der Waals surface area contributed by atoms with Gasteiger partial charge < -0.3 is 20.0 Å². The van der Waals surface area contributed by atoms with Crippen molar-refractivity contribution in [1.29, 1.82) is 0 Å². The molecule has 1 aliphatic rings. The maximum Gasteiger partial charge on any atom is 0.326 e. The Hall–Kier alpha value is -2.57. The zero-order chi connectivity index (χ0) is 20.0. The number of amides is 2. The maximum absolute atomic E-state index is 12.9. The van der Waals surface area contributed by atoms with Gasteiger partial charge in [-0.3, -0.25) is 4.79 Å². The number of rotatable bonds is 8. The number of carboxylic acids is 2. The average molecular weight is 376 g/mol. The molecule has 0 aliphatic carbocycles. The standard InChI is InChI=1S/C20H28N2O5/c1-14(2)22(20(27)21-12-6-9-17(21)19(25)26)13-16(18(23)24)11-10-15-7-4-3-5-8-15/h3-5,7-8,14,16-17H,6,9-13H2,1-2H3,(H,23,24)(H,25,26). The number of aryl methyl sites for hydroxylation is 1. The minimum atomic E-state index is -1.01. The molecule has 1 aromatic rings. The highest BCUT2D eigenvalue weighted by Crippen LogP contribution is 2.22. The van der Waals surface area contributed by atoms with E-state index in [2.05, 4.69) is 0 Å². The monoisotopic (exact) mass is 376 g/mol. The fraction of sp³-hybridized carbons (Fsp3) is 0.550. The van der Waals surface area contributed by atoms with Gasteiger partial charge in [0.05, 0.1) is 5.92 Å². The van der Waals surface area contributed by atoms with Crippen LogP contribution in [-0.2, 0) is 16.0 Å². The minimum absolute atomic E-state index is 0.0709. The Labute approximate surface area is 159 Å². The van der Waals surface area contributed by atoms with Crippen molar-refractivity contribution in [1.82, 2.24) is 9.80 Å². The van der Waals surface area contributed by atoms with Crippen LogP contribution in [0.4, 0.5) is 4.79 Å². The van der Waals surface area contributed by atoms with Crippen LogP contribution >= 0.6 is 0 Å². The lowest BCUT2D eigenvalue weighted by Gasteiger charge is -2.34. The van der Waals surface area contributed by atoms with Crippen LogP contribution in [0.15, 0.2) is 30.3 Å². The van der Waals surface area contributed by atoms with E-state index in [0.29, 0.717) is 32.2 Å². The van der Waals surface area contributed by atoms with Gasteiger partial charge in [-0.25, -0.2) is 9.59 Å². The van der Waals surface area contributed by atoms with Crippen molar-refractivity contribution in [2.45, 2.75) is 51.6 Å². The van der Waals surface area contributed by atoms with E-state index < -0.39 is 23.9 Å². The predicted octanol–water partition coefficient (Wildman–Crippen LogP) is 2.70. The van der Waals surface area contributed by atoms with Crippen LogP contribution in [0, 0.1) is 5.92 Å². The molecule has 1 aromatic carbocycles. The normalized spacial score (nSPS) is 17.7. The Morgan fingerprint density at radius 3 is 2.41 bits per heavy atom. The lowest BCUT2D eigenvalue weighted by molar-refractivity contribution is -0.143. The van der Waals surface area contributed by atoms with Gasteiger partial charge in [0.1, 0.15) is 6.04 Å². The molecular formula is C20H28N2O5. The van der Waals surface area contributed by atoms with Crippen molar-refractivity contribution >= 4 is 18.0 Å². The van der Waals surface area contributed by atoms with Crippen LogP contribution in [0.5, 0.6) is 0 Å². The number of nitrogens with zero attached hydrogens (tertiary/aromatic N) is 2. The summed E-state index contributed by atoms with van der Waals surface area (Å²) in [5.41, 5.74) is 1.05. The van der Waals surface area contributed by atoms with Gasteiger partial charge in [0, 0.05) is 19.1 Å². The number of carboxylic acid groups (broad SMARTS) is 2. The highest BCUT2D eigenvalue weighted by atomic mass is 16.4. The molecule has 1 aliphatic heterocycles. The lowest BCUT2D eigenvalue weighted by Crippen LogP contribution is -2.52. The van der Waals surface area contributed by atoms with Gasteiger partial charge in [-0.05, 0) is 45.1 Å².